The summed E-state index contributed by atoms with van der Waals surface area (Å²) in [7, 11) is 0. The van der Waals surface area contributed by atoms with Gasteiger partial charge in [0.2, 0.25) is 6.43 Å². The lowest BCUT2D eigenvalue weighted by molar-refractivity contribution is -0.0806. The first-order valence-electron chi connectivity index (χ1n) is 3.16. The zero-order valence-corrected chi connectivity index (χ0v) is 5.96. The van der Waals surface area contributed by atoms with Crippen molar-refractivity contribution in [2.24, 2.45) is 0 Å². The number of alkyl halides is 5. The molecule has 0 saturated carbocycles. The summed E-state index contributed by atoms with van der Waals surface area (Å²) in [6, 6.07) is 0. The Morgan fingerprint density at radius 1 is 1.18 bits per heavy atom. The lowest BCUT2D eigenvalue weighted by atomic mass is 10.1. The van der Waals surface area contributed by atoms with E-state index in [1.165, 1.54) is 0 Å². The quantitative estimate of drug-likeness (QED) is 0.577. The molecule has 0 aromatic rings. The van der Waals surface area contributed by atoms with E-state index in [1.807, 2.05) is 0 Å². The molecule has 0 radical (unpaired) electrons. The van der Waals surface area contributed by atoms with Gasteiger partial charge in [0.25, 0.3) is 5.92 Å². The van der Waals surface area contributed by atoms with E-state index in [9.17, 15) is 22.0 Å². The molecule has 0 fully saturated rings. The van der Waals surface area contributed by atoms with Crippen LogP contribution in [0.25, 0.3) is 0 Å². The third-order valence-electron chi connectivity index (χ3n) is 1.28. The van der Waals surface area contributed by atoms with Crippen molar-refractivity contribution >= 4 is 0 Å². The third-order valence-corrected chi connectivity index (χ3v) is 1.28. The highest BCUT2D eigenvalue weighted by Gasteiger charge is 2.36. The summed E-state index contributed by atoms with van der Waals surface area (Å²) >= 11 is 0. The molecule has 1 atom stereocenters. The van der Waals surface area contributed by atoms with Crippen LogP contribution in [0.4, 0.5) is 22.0 Å². The Morgan fingerprint density at radius 2 is 1.64 bits per heavy atom. The predicted octanol–water partition coefficient (Wildman–Crippen LogP) is 3.03. The van der Waals surface area contributed by atoms with Gasteiger partial charge in [0.15, 0.2) is 6.17 Å². The number of halogens is 5. The summed E-state index contributed by atoms with van der Waals surface area (Å²) in [5.41, 5.74) is 0. The Kier molecular flexibility index (Phi) is 3.75. The minimum absolute atomic E-state index is 0.658. The van der Waals surface area contributed by atoms with Crippen LogP contribution in [0, 0.1) is 0 Å². The Balaban J connectivity index is 3.73. The molecular weight excluding hydrogens is 167 g/mol. The molecule has 0 heterocycles. The van der Waals surface area contributed by atoms with E-state index in [1.54, 1.807) is 0 Å². The van der Waals surface area contributed by atoms with Crippen molar-refractivity contribution in [1.82, 2.24) is 0 Å². The van der Waals surface area contributed by atoms with Crippen LogP contribution in [0.3, 0.4) is 0 Å². The van der Waals surface area contributed by atoms with Gasteiger partial charge in [-0.05, 0) is 6.92 Å². The van der Waals surface area contributed by atoms with Crippen molar-refractivity contribution in [3.8, 4) is 0 Å². The van der Waals surface area contributed by atoms with Gasteiger partial charge in [0.1, 0.15) is 0 Å². The minimum Gasteiger partial charge on any atom is -0.241 e. The number of hydrogen-bond acceptors (Lipinski definition) is 0. The van der Waals surface area contributed by atoms with Crippen molar-refractivity contribution in [2.75, 3.05) is 0 Å². The van der Waals surface area contributed by atoms with E-state index in [0.29, 0.717) is 6.92 Å². The largest absolute Gasteiger partial charge is 0.278 e. The Morgan fingerprint density at radius 3 is 1.91 bits per heavy atom. The van der Waals surface area contributed by atoms with Gasteiger partial charge in [-0.3, -0.25) is 0 Å². The Labute approximate surface area is 61.4 Å². The second-order valence-electron chi connectivity index (χ2n) is 2.31. The maximum Gasteiger partial charge on any atom is 0.278 e. The lowest BCUT2D eigenvalue weighted by Crippen LogP contribution is -2.27. The molecule has 0 saturated heterocycles. The van der Waals surface area contributed by atoms with E-state index < -0.39 is 31.4 Å². The molecule has 0 spiro atoms. The summed E-state index contributed by atoms with van der Waals surface area (Å²) in [6.45, 7) is 0.658. The highest BCUT2D eigenvalue weighted by atomic mass is 19.3. The van der Waals surface area contributed by atoms with Crippen LogP contribution < -0.4 is 0 Å². The maximum atomic E-state index is 12.2. The monoisotopic (exact) mass is 176 g/mol. The van der Waals surface area contributed by atoms with Crippen molar-refractivity contribution < 1.29 is 22.0 Å². The average molecular weight is 176 g/mol. The Hall–Kier alpha value is -0.350. The number of rotatable bonds is 4. The molecule has 0 aliphatic heterocycles. The SMILES string of the molecule is CC(F)C(F)(F)CCC(F)F. The van der Waals surface area contributed by atoms with Gasteiger partial charge < -0.3 is 0 Å². The van der Waals surface area contributed by atoms with Crippen molar-refractivity contribution in [3.63, 3.8) is 0 Å². The first-order valence-corrected chi connectivity index (χ1v) is 3.16. The molecule has 0 N–H and O–H groups in total. The molecule has 0 nitrogen and oxygen atoms in total. The van der Waals surface area contributed by atoms with E-state index in [0.717, 1.165) is 0 Å². The molecule has 11 heavy (non-hydrogen) atoms. The maximum absolute atomic E-state index is 12.2. The molecule has 5 heteroatoms. The van der Waals surface area contributed by atoms with E-state index in [2.05, 4.69) is 0 Å². The topological polar surface area (TPSA) is 0 Å². The van der Waals surface area contributed by atoms with E-state index in [4.69, 9.17) is 0 Å². The summed E-state index contributed by atoms with van der Waals surface area (Å²) in [4.78, 5) is 0. The molecule has 0 aromatic heterocycles. The van der Waals surface area contributed by atoms with Crippen LogP contribution in [0.2, 0.25) is 0 Å². The van der Waals surface area contributed by atoms with Crippen LogP contribution in [0.5, 0.6) is 0 Å². The lowest BCUT2D eigenvalue weighted by Gasteiger charge is -2.16. The van der Waals surface area contributed by atoms with Crippen LogP contribution in [0.1, 0.15) is 19.8 Å². The fourth-order valence-electron chi connectivity index (χ4n) is 0.500. The van der Waals surface area contributed by atoms with Gasteiger partial charge in [-0.1, -0.05) is 0 Å². The van der Waals surface area contributed by atoms with Crippen LogP contribution in [-0.2, 0) is 0 Å². The second-order valence-corrected chi connectivity index (χ2v) is 2.31. The molecular formula is C6H9F5. The van der Waals surface area contributed by atoms with Gasteiger partial charge in [0.05, 0.1) is 0 Å². The first-order chi connectivity index (χ1) is 4.86. The first kappa shape index (κ1) is 10.7. The molecule has 1 unspecified atom stereocenters. The fourth-order valence-corrected chi connectivity index (χ4v) is 0.500. The molecule has 0 rings (SSSR count). The molecule has 0 amide bonds. The molecule has 0 bridgehead atoms. The number of hydrogen-bond donors (Lipinski definition) is 0. The van der Waals surface area contributed by atoms with Gasteiger partial charge in [-0.15, -0.1) is 0 Å². The summed E-state index contributed by atoms with van der Waals surface area (Å²) in [5, 5.41) is 0. The second kappa shape index (κ2) is 3.88. The van der Waals surface area contributed by atoms with Crippen molar-refractivity contribution in [2.45, 2.75) is 38.3 Å². The smallest absolute Gasteiger partial charge is 0.241 e. The molecule has 0 aliphatic rings. The summed E-state index contributed by atoms with van der Waals surface area (Å²) in [6.07, 6.45) is -7.20. The van der Waals surface area contributed by atoms with Crippen LogP contribution >= 0.6 is 0 Å². The minimum atomic E-state index is -3.61. The van der Waals surface area contributed by atoms with Crippen LogP contribution in [-0.4, -0.2) is 18.5 Å². The molecule has 0 aromatic carbocycles. The van der Waals surface area contributed by atoms with Gasteiger partial charge in [-0.25, -0.2) is 22.0 Å². The summed E-state index contributed by atoms with van der Waals surface area (Å²) in [5.74, 6) is -3.61. The average Bonchev–Trinajstić information content (AvgIpc) is 1.84. The zero-order valence-electron chi connectivity index (χ0n) is 5.96. The molecule has 0 aliphatic carbocycles. The van der Waals surface area contributed by atoms with Gasteiger partial charge in [0, 0.05) is 12.8 Å². The van der Waals surface area contributed by atoms with Gasteiger partial charge >= 0.3 is 0 Å². The summed E-state index contributed by atoms with van der Waals surface area (Å²) < 4.78 is 59.1. The standard InChI is InChI=1S/C6H9F5/c1-4(7)6(10,11)3-2-5(8)9/h4-5H,2-3H2,1H3. The van der Waals surface area contributed by atoms with Crippen molar-refractivity contribution in [3.05, 3.63) is 0 Å². The molecule has 68 valence electrons. The Bertz CT molecular complexity index is 110. The fraction of sp³-hybridized carbons (Fsp3) is 1.00. The van der Waals surface area contributed by atoms with E-state index in [-0.39, 0.29) is 0 Å². The normalized spacial score (nSPS) is 15.5. The third kappa shape index (κ3) is 4.16. The van der Waals surface area contributed by atoms with Crippen molar-refractivity contribution in [1.29, 1.82) is 0 Å². The highest BCUT2D eigenvalue weighted by molar-refractivity contribution is 4.72. The predicted molar refractivity (Wildman–Crippen MR) is 30.8 cm³/mol. The highest BCUT2D eigenvalue weighted by Crippen LogP contribution is 2.27. The van der Waals surface area contributed by atoms with Gasteiger partial charge in [-0.2, -0.15) is 0 Å². The van der Waals surface area contributed by atoms with E-state index >= 15 is 0 Å². The van der Waals surface area contributed by atoms with Crippen LogP contribution in [0.15, 0.2) is 0 Å². The zero-order chi connectivity index (χ0) is 9.07.